The lowest BCUT2D eigenvalue weighted by molar-refractivity contribution is -0.393. The highest BCUT2D eigenvalue weighted by Gasteiger charge is 2.50. The SMILES string of the molecule is C=CCO[C@]1(C=O)c2ccccc2C(Nc2ccc([N+](=O)[O-])cc2[N+](=O)[O-])C[C@@H]1OC1CCCCO1. The molecule has 1 saturated heterocycles. The molecule has 11 nitrogen and oxygen atoms in total. The molecule has 2 aliphatic rings. The molecule has 0 radical (unpaired) electrons. The molecular weight excluding hydrogens is 470 g/mol. The minimum absolute atomic E-state index is 0.102. The summed E-state index contributed by atoms with van der Waals surface area (Å²) in [5, 5.41) is 26.0. The van der Waals surface area contributed by atoms with Gasteiger partial charge in [0.2, 0.25) is 0 Å². The fourth-order valence-electron chi connectivity index (χ4n) is 4.78. The molecule has 4 atom stereocenters. The number of rotatable bonds is 10. The number of nitrogens with one attached hydrogen (secondary N) is 1. The number of non-ortho nitro benzene ring substituents is 1. The van der Waals surface area contributed by atoms with Crippen molar-refractivity contribution in [3.63, 3.8) is 0 Å². The quantitative estimate of drug-likeness (QED) is 0.216. The fraction of sp³-hybridized carbons (Fsp3) is 0.400. The third-order valence-corrected chi connectivity index (χ3v) is 6.47. The number of hydrogen-bond acceptors (Lipinski definition) is 9. The third kappa shape index (κ3) is 4.99. The highest BCUT2D eigenvalue weighted by molar-refractivity contribution is 5.71. The first-order chi connectivity index (χ1) is 17.4. The van der Waals surface area contributed by atoms with Gasteiger partial charge in [-0.25, -0.2) is 0 Å². The first-order valence-corrected chi connectivity index (χ1v) is 11.7. The molecule has 36 heavy (non-hydrogen) atoms. The van der Waals surface area contributed by atoms with Crippen LogP contribution in [0.2, 0.25) is 0 Å². The van der Waals surface area contributed by atoms with Crippen LogP contribution >= 0.6 is 0 Å². The lowest BCUT2D eigenvalue weighted by Gasteiger charge is -2.45. The van der Waals surface area contributed by atoms with Crippen molar-refractivity contribution >= 4 is 23.3 Å². The molecule has 0 saturated carbocycles. The standard InChI is InChI=1S/C25H27N3O8/c1-2-12-35-25(16-29)19-8-4-3-7-18(19)21(15-23(25)36-24-9-5-6-13-34-24)26-20-11-10-17(27(30)31)14-22(20)28(32)33/h2-4,7-8,10-11,14,16,21,23-24,26H,1,5-6,9,12-13,15H2/t21?,23-,24?,25+/m0/s1. The van der Waals surface area contributed by atoms with Crippen molar-refractivity contribution in [2.24, 2.45) is 0 Å². The van der Waals surface area contributed by atoms with E-state index in [1.165, 1.54) is 12.1 Å². The number of hydrogen-bond donors (Lipinski definition) is 1. The van der Waals surface area contributed by atoms with Crippen molar-refractivity contribution in [3.8, 4) is 0 Å². The van der Waals surface area contributed by atoms with Crippen LogP contribution in [0.25, 0.3) is 0 Å². The number of carbonyl (C=O) groups excluding carboxylic acids is 1. The largest absolute Gasteiger partial charge is 0.373 e. The number of carbonyl (C=O) groups is 1. The molecule has 1 fully saturated rings. The van der Waals surface area contributed by atoms with Gasteiger partial charge in [0.15, 0.2) is 18.2 Å². The molecule has 190 valence electrons. The van der Waals surface area contributed by atoms with Crippen molar-refractivity contribution in [2.45, 2.75) is 49.7 Å². The van der Waals surface area contributed by atoms with Gasteiger partial charge in [-0.1, -0.05) is 30.3 Å². The minimum Gasteiger partial charge on any atom is -0.373 e. The summed E-state index contributed by atoms with van der Waals surface area (Å²) in [5.74, 6) is 0. The predicted octanol–water partition coefficient (Wildman–Crippen LogP) is 4.57. The van der Waals surface area contributed by atoms with E-state index in [9.17, 15) is 25.0 Å². The Hall–Kier alpha value is -3.67. The molecule has 0 bridgehead atoms. The van der Waals surface area contributed by atoms with E-state index in [0.29, 0.717) is 24.2 Å². The lowest BCUT2D eigenvalue weighted by atomic mass is 9.75. The Balaban J connectivity index is 1.76. The molecule has 0 spiro atoms. The van der Waals surface area contributed by atoms with Crippen LogP contribution in [0.3, 0.4) is 0 Å². The number of nitro benzene ring substituents is 2. The Morgan fingerprint density at radius 1 is 1.17 bits per heavy atom. The van der Waals surface area contributed by atoms with Gasteiger partial charge < -0.3 is 19.5 Å². The molecule has 2 unspecified atom stereocenters. The van der Waals surface area contributed by atoms with Crippen LogP contribution in [0.5, 0.6) is 0 Å². The zero-order chi connectivity index (χ0) is 25.7. The maximum atomic E-state index is 12.7. The minimum atomic E-state index is -1.44. The van der Waals surface area contributed by atoms with E-state index in [2.05, 4.69) is 11.9 Å². The third-order valence-electron chi connectivity index (χ3n) is 6.47. The van der Waals surface area contributed by atoms with Gasteiger partial charge in [-0.05, 0) is 36.5 Å². The van der Waals surface area contributed by atoms with Gasteiger partial charge in [0.05, 0.1) is 28.6 Å². The van der Waals surface area contributed by atoms with Crippen LogP contribution in [-0.4, -0.2) is 41.7 Å². The molecule has 2 aromatic carbocycles. The Morgan fingerprint density at radius 3 is 2.64 bits per heavy atom. The van der Waals surface area contributed by atoms with E-state index >= 15 is 0 Å². The first-order valence-electron chi connectivity index (χ1n) is 11.7. The zero-order valence-corrected chi connectivity index (χ0v) is 19.5. The zero-order valence-electron chi connectivity index (χ0n) is 19.5. The first kappa shape index (κ1) is 25.4. The van der Waals surface area contributed by atoms with Crippen LogP contribution in [0.15, 0.2) is 55.1 Å². The van der Waals surface area contributed by atoms with Crippen molar-refractivity contribution < 1.29 is 28.9 Å². The number of fused-ring (bicyclic) bond motifs is 1. The van der Waals surface area contributed by atoms with E-state index in [0.717, 1.165) is 25.2 Å². The summed E-state index contributed by atoms with van der Waals surface area (Å²) in [6, 6.07) is 10.1. The fourth-order valence-corrected chi connectivity index (χ4v) is 4.78. The predicted molar refractivity (Wildman–Crippen MR) is 130 cm³/mol. The van der Waals surface area contributed by atoms with Crippen molar-refractivity contribution in [2.75, 3.05) is 18.5 Å². The monoisotopic (exact) mass is 497 g/mol. The number of nitrogens with zero attached hydrogens (tertiary/aromatic N) is 2. The van der Waals surface area contributed by atoms with E-state index in [1.807, 2.05) is 6.07 Å². The van der Waals surface area contributed by atoms with E-state index in [-0.39, 0.29) is 24.4 Å². The number of aldehydes is 1. The number of ether oxygens (including phenoxy) is 3. The van der Waals surface area contributed by atoms with Crippen molar-refractivity contribution in [3.05, 3.63) is 86.5 Å². The second-order valence-corrected chi connectivity index (χ2v) is 8.67. The number of nitro groups is 2. The van der Waals surface area contributed by atoms with Gasteiger partial charge in [-0.2, -0.15) is 0 Å². The van der Waals surface area contributed by atoms with Gasteiger partial charge in [-0.15, -0.1) is 6.58 Å². The van der Waals surface area contributed by atoms with Gasteiger partial charge >= 0.3 is 0 Å². The van der Waals surface area contributed by atoms with Gasteiger partial charge in [0.25, 0.3) is 11.4 Å². The molecule has 11 heteroatoms. The normalized spacial score (nSPS) is 25.4. The van der Waals surface area contributed by atoms with Gasteiger partial charge in [0.1, 0.15) is 11.8 Å². The van der Waals surface area contributed by atoms with Crippen molar-refractivity contribution in [1.82, 2.24) is 0 Å². The van der Waals surface area contributed by atoms with Crippen LogP contribution in [0.1, 0.15) is 42.9 Å². The second-order valence-electron chi connectivity index (χ2n) is 8.67. The topological polar surface area (TPSA) is 143 Å². The molecule has 1 aliphatic heterocycles. The molecular formula is C25H27N3O8. The Morgan fingerprint density at radius 2 is 1.97 bits per heavy atom. The molecule has 4 rings (SSSR count). The Labute approximate surface area is 207 Å². The lowest BCUT2D eigenvalue weighted by Crippen LogP contribution is -2.52. The molecule has 1 N–H and O–H groups in total. The summed E-state index contributed by atoms with van der Waals surface area (Å²) in [6.07, 6.45) is 3.72. The smallest absolute Gasteiger partial charge is 0.299 e. The molecule has 1 heterocycles. The highest BCUT2D eigenvalue weighted by Crippen LogP contribution is 2.46. The van der Waals surface area contributed by atoms with Gasteiger partial charge in [0, 0.05) is 19.1 Å². The molecule has 0 amide bonds. The Bertz CT molecular complexity index is 1150. The van der Waals surface area contributed by atoms with Crippen LogP contribution in [0, 0.1) is 20.2 Å². The molecule has 0 aromatic heterocycles. The maximum absolute atomic E-state index is 12.7. The summed E-state index contributed by atoms with van der Waals surface area (Å²) in [4.78, 5) is 34.2. The summed E-state index contributed by atoms with van der Waals surface area (Å²) in [7, 11) is 0. The summed E-state index contributed by atoms with van der Waals surface area (Å²) >= 11 is 0. The van der Waals surface area contributed by atoms with E-state index in [1.54, 1.807) is 24.3 Å². The van der Waals surface area contributed by atoms with E-state index in [4.69, 9.17) is 14.2 Å². The second kappa shape index (κ2) is 10.9. The van der Waals surface area contributed by atoms with E-state index < -0.39 is 39.6 Å². The maximum Gasteiger partial charge on any atom is 0.299 e. The van der Waals surface area contributed by atoms with Crippen molar-refractivity contribution in [1.29, 1.82) is 0 Å². The molecule has 2 aromatic rings. The number of benzene rings is 2. The average molecular weight is 498 g/mol. The number of anilines is 1. The summed E-state index contributed by atoms with van der Waals surface area (Å²) in [6.45, 7) is 4.34. The Kier molecular flexibility index (Phi) is 7.73. The molecule has 1 aliphatic carbocycles. The van der Waals surface area contributed by atoms with Crippen LogP contribution in [0.4, 0.5) is 17.1 Å². The average Bonchev–Trinajstić information content (AvgIpc) is 2.89. The highest BCUT2D eigenvalue weighted by atomic mass is 16.7. The van der Waals surface area contributed by atoms with Crippen LogP contribution < -0.4 is 5.32 Å². The van der Waals surface area contributed by atoms with Gasteiger partial charge in [-0.3, -0.25) is 25.0 Å². The summed E-state index contributed by atoms with van der Waals surface area (Å²) in [5.41, 5.74) is -0.870. The van der Waals surface area contributed by atoms with Crippen LogP contribution in [-0.2, 0) is 24.6 Å². The summed E-state index contributed by atoms with van der Waals surface area (Å²) < 4.78 is 18.2.